The number of aliphatic carboxylic acids is 1. The largest absolute Gasteiger partial charge is 0.479 e. The number of esters is 3. The highest BCUT2D eigenvalue weighted by Gasteiger charge is 2.50. The smallest absolute Gasteiger partial charge is 0.335 e. The lowest BCUT2D eigenvalue weighted by molar-refractivity contribution is -0.301. The van der Waals surface area contributed by atoms with Crippen molar-refractivity contribution in [3.8, 4) is 0 Å². The van der Waals surface area contributed by atoms with E-state index in [1.807, 2.05) is 0 Å². The van der Waals surface area contributed by atoms with Gasteiger partial charge in [-0.2, -0.15) is 0 Å². The van der Waals surface area contributed by atoms with Gasteiger partial charge in [-0.15, -0.1) is 0 Å². The van der Waals surface area contributed by atoms with Crippen molar-refractivity contribution in [1.29, 1.82) is 0 Å². The first-order chi connectivity index (χ1) is 39.6. The first kappa shape index (κ1) is 75.2. The van der Waals surface area contributed by atoms with Gasteiger partial charge in [-0.05, 0) is 89.9 Å². The number of carboxylic acid groups (broad SMARTS) is 1. The molecule has 12 nitrogen and oxygen atoms in total. The SMILES string of the molecule is CC/C=C\C/C=C\C/C=C\C/C=C\CCCCCCCCC(=O)OC1C(OCC(COC(=O)CCCCCCCCCCCCCCCCCCC)OC(=O)CCCCCCC/C=C\C/C=C\CCCCC)OC(C(=O)O)C(O)C1O. The van der Waals surface area contributed by atoms with Crippen LogP contribution in [0.25, 0.3) is 0 Å². The molecule has 6 unspecified atom stereocenters. The number of carbonyl (C=O) groups excluding carboxylic acids is 3. The zero-order valence-corrected chi connectivity index (χ0v) is 51.5. The Morgan fingerprint density at radius 3 is 1.21 bits per heavy atom. The molecule has 0 aromatic heterocycles. The highest BCUT2D eigenvalue weighted by molar-refractivity contribution is 5.74. The van der Waals surface area contributed by atoms with Crippen molar-refractivity contribution in [2.24, 2.45) is 0 Å². The molecular weight excluding hydrogens is 1020 g/mol. The minimum atomic E-state index is -1.91. The summed E-state index contributed by atoms with van der Waals surface area (Å²) in [6.45, 7) is 5.88. The molecule has 6 atom stereocenters. The minimum absolute atomic E-state index is 0.0418. The van der Waals surface area contributed by atoms with Crippen LogP contribution in [0.5, 0.6) is 0 Å². The lowest BCUT2D eigenvalue weighted by Gasteiger charge is -2.40. The van der Waals surface area contributed by atoms with Crippen molar-refractivity contribution >= 4 is 23.9 Å². The predicted octanol–water partition coefficient (Wildman–Crippen LogP) is 17.7. The van der Waals surface area contributed by atoms with Crippen LogP contribution in [0.3, 0.4) is 0 Å². The average molecular weight is 1140 g/mol. The Morgan fingerprint density at radius 1 is 0.420 bits per heavy atom. The Kier molecular flexibility index (Phi) is 52.6. The maximum Gasteiger partial charge on any atom is 0.335 e. The molecule has 12 heteroatoms. The van der Waals surface area contributed by atoms with E-state index in [9.17, 15) is 34.5 Å². The molecule has 0 aromatic rings. The van der Waals surface area contributed by atoms with Gasteiger partial charge in [-0.3, -0.25) is 14.4 Å². The van der Waals surface area contributed by atoms with Crippen LogP contribution in [0.15, 0.2) is 72.9 Å². The van der Waals surface area contributed by atoms with Gasteiger partial charge in [0.25, 0.3) is 0 Å². The third kappa shape index (κ3) is 46.3. The number of aliphatic hydroxyl groups is 2. The predicted molar refractivity (Wildman–Crippen MR) is 331 cm³/mol. The molecule has 0 radical (unpaired) electrons. The molecule has 81 heavy (non-hydrogen) atoms. The molecule has 1 saturated heterocycles. The summed E-state index contributed by atoms with van der Waals surface area (Å²) < 4.78 is 28.5. The number of hydrogen-bond donors (Lipinski definition) is 3. The van der Waals surface area contributed by atoms with Gasteiger partial charge in [0.2, 0.25) is 0 Å². The second-order valence-electron chi connectivity index (χ2n) is 22.4. The zero-order valence-electron chi connectivity index (χ0n) is 51.5. The quantitative estimate of drug-likeness (QED) is 0.0228. The fraction of sp³-hybridized carbons (Fsp3) is 0.768. The van der Waals surface area contributed by atoms with Gasteiger partial charge in [-0.1, -0.05) is 254 Å². The second-order valence-corrected chi connectivity index (χ2v) is 22.4. The van der Waals surface area contributed by atoms with Crippen molar-refractivity contribution < 1.29 is 58.2 Å². The number of rotatable bonds is 56. The van der Waals surface area contributed by atoms with Gasteiger partial charge in [0.05, 0.1) is 6.61 Å². The summed E-state index contributed by atoms with van der Waals surface area (Å²) >= 11 is 0. The maximum atomic E-state index is 13.2. The van der Waals surface area contributed by atoms with Crippen LogP contribution in [-0.4, -0.2) is 89.2 Å². The van der Waals surface area contributed by atoms with Crippen molar-refractivity contribution in [3.63, 3.8) is 0 Å². The van der Waals surface area contributed by atoms with Crippen LogP contribution >= 0.6 is 0 Å². The monoisotopic (exact) mass is 1140 g/mol. The summed E-state index contributed by atoms with van der Waals surface area (Å²) in [4.78, 5) is 51.3. The van der Waals surface area contributed by atoms with E-state index in [2.05, 4.69) is 93.7 Å². The summed E-state index contributed by atoms with van der Waals surface area (Å²) in [5.41, 5.74) is 0. The normalized spacial score (nSPS) is 18.2. The Balaban J connectivity index is 2.66. The fourth-order valence-electron chi connectivity index (χ4n) is 9.74. The molecule has 1 heterocycles. The van der Waals surface area contributed by atoms with E-state index in [0.717, 1.165) is 128 Å². The molecule has 0 saturated carbocycles. The molecule has 0 aromatic carbocycles. The fourth-order valence-corrected chi connectivity index (χ4v) is 9.74. The van der Waals surface area contributed by atoms with Crippen LogP contribution in [0.4, 0.5) is 0 Å². The van der Waals surface area contributed by atoms with E-state index in [1.54, 1.807) is 0 Å². The number of hydrogen-bond acceptors (Lipinski definition) is 11. The third-order valence-electron chi connectivity index (χ3n) is 14.8. The van der Waals surface area contributed by atoms with Crippen LogP contribution in [-0.2, 0) is 42.9 Å². The Hall–Kier alpha value is -3.84. The molecule has 0 amide bonds. The first-order valence-corrected chi connectivity index (χ1v) is 32.9. The third-order valence-corrected chi connectivity index (χ3v) is 14.8. The van der Waals surface area contributed by atoms with Crippen LogP contribution in [0.2, 0.25) is 0 Å². The first-order valence-electron chi connectivity index (χ1n) is 32.9. The summed E-state index contributed by atoms with van der Waals surface area (Å²) in [5, 5.41) is 31.6. The molecule has 0 spiro atoms. The van der Waals surface area contributed by atoms with Gasteiger partial charge in [0.15, 0.2) is 24.6 Å². The lowest BCUT2D eigenvalue weighted by Crippen LogP contribution is -2.61. The summed E-state index contributed by atoms with van der Waals surface area (Å²) in [5.74, 6) is -3.14. The molecule has 0 bridgehead atoms. The standard InChI is InChI=1S/C69H118O12/c1-4-7-10-13-16-19-22-25-28-30-31-33-36-39-42-45-48-51-54-57-63(72)80-67-65(74)64(73)66(68(75)76)81-69(67)78-59-60(79-62(71)56-53-50-47-44-41-38-34-27-24-21-18-15-12-9-6-3)58-77-61(70)55-52-49-46-43-40-37-35-32-29-26-23-20-17-14-11-8-5-2/h7,10,16,18-19,21,25,27-28,31,33-34,60,64-67,69,73-74H,4-6,8-9,11-15,17,20,22-24,26,29-30,32,35-59H2,1-3H3,(H,75,76)/b10-7-,19-16-,21-18-,28-25-,33-31-,34-27-. The van der Waals surface area contributed by atoms with Crippen molar-refractivity contribution in [3.05, 3.63) is 72.9 Å². The van der Waals surface area contributed by atoms with E-state index in [-0.39, 0.29) is 25.9 Å². The van der Waals surface area contributed by atoms with Gasteiger partial charge in [0.1, 0.15) is 18.8 Å². The van der Waals surface area contributed by atoms with E-state index in [4.69, 9.17) is 23.7 Å². The van der Waals surface area contributed by atoms with E-state index >= 15 is 0 Å². The molecule has 1 aliphatic rings. The second kappa shape index (κ2) is 56.6. The lowest BCUT2D eigenvalue weighted by atomic mass is 9.98. The Bertz CT molecular complexity index is 1680. The molecule has 1 fully saturated rings. The van der Waals surface area contributed by atoms with Gasteiger partial charge in [0, 0.05) is 19.3 Å². The van der Waals surface area contributed by atoms with Gasteiger partial charge < -0.3 is 39.0 Å². The van der Waals surface area contributed by atoms with E-state index in [1.165, 1.54) is 103 Å². The summed E-state index contributed by atoms with van der Waals surface area (Å²) in [6, 6.07) is 0. The van der Waals surface area contributed by atoms with Crippen molar-refractivity contribution in [1.82, 2.24) is 0 Å². The molecule has 3 N–H and O–H groups in total. The number of ether oxygens (including phenoxy) is 5. The van der Waals surface area contributed by atoms with E-state index in [0.29, 0.717) is 19.3 Å². The number of aliphatic hydroxyl groups excluding tert-OH is 2. The molecular formula is C69H118O12. The topological polar surface area (TPSA) is 175 Å². The van der Waals surface area contributed by atoms with Crippen LogP contribution in [0, 0.1) is 0 Å². The highest BCUT2D eigenvalue weighted by Crippen LogP contribution is 2.27. The number of carboxylic acids is 1. The molecule has 1 rings (SSSR count). The Labute approximate surface area is 493 Å². The number of carbonyl (C=O) groups is 4. The molecule has 466 valence electrons. The zero-order chi connectivity index (χ0) is 58.9. The maximum absolute atomic E-state index is 13.2. The molecule has 0 aliphatic carbocycles. The average Bonchev–Trinajstić information content (AvgIpc) is 3.54. The van der Waals surface area contributed by atoms with Crippen molar-refractivity contribution in [2.75, 3.05) is 13.2 Å². The summed E-state index contributed by atoms with van der Waals surface area (Å²) in [6.07, 6.45) is 60.0. The van der Waals surface area contributed by atoms with Crippen LogP contribution in [0.1, 0.15) is 290 Å². The number of allylic oxidation sites excluding steroid dienone is 12. The number of unbranched alkanes of at least 4 members (excludes halogenated alkanes) is 30. The van der Waals surface area contributed by atoms with Crippen LogP contribution < -0.4 is 0 Å². The molecule has 1 aliphatic heterocycles. The highest BCUT2D eigenvalue weighted by atomic mass is 16.7. The van der Waals surface area contributed by atoms with Gasteiger partial charge >= 0.3 is 23.9 Å². The minimum Gasteiger partial charge on any atom is -0.479 e. The Morgan fingerprint density at radius 2 is 0.778 bits per heavy atom. The van der Waals surface area contributed by atoms with Gasteiger partial charge in [-0.25, -0.2) is 4.79 Å². The van der Waals surface area contributed by atoms with Crippen molar-refractivity contribution in [2.45, 2.75) is 327 Å². The van der Waals surface area contributed by atoms with E-state index < -0.39 is 67.3 Å². The summed E-state index contributed by atoms with van der Waals surface area (Å²) in [7, 11) is 0.